The minimum Gasteiger partial charge on any atom is -0.462 e. The van der Waals surface area contributed by atoms with Crippen LogP contribution in [-0.2, 0) is 17.9 Å². The molecule has 0 aliphatic carbocycles. The summed E-state index contributed by atoms with van der Waals surface area (Å²) < 4.78 is 7.39. The van der Waals surface area contributed by atoms with Gasteiger partial charge in [-0.3, -0.25) is 9.48 Å². The average Bonchev–Trinajstić information content (AvgIpc) is 3.16. The fourth-order valence-electron chi connectivity index (χ4n) is 2.84. The maximum atomic E-state index is 12.1. The number of aryl methyl sites for hydroxylation is 2. The fourth-order valence-corrected chi connectivity index (χ4v) is 2.84. The Bertz CT molecular complexity index is 920. The van der Waals surface area contributed by atoms with Crippen LogP contribution in [0.5, 0.6) is 0 Å². The van der Waals surface area contributed by atoms with Crippen LogP contribution in [0.15, 0.2) is 53.0 Å². The second-order valence-corrected chi connectivity index (χ2v) is 6.29. The van der Waals surface area contributed by atoms with Crippen molar-refractivity contribution >= 4 is 12.0 Å². The first-order valence-electron chi connectivity index (χ1n) is 8.62. The number of nitrogens with zero attached hydrogens (tertiary/aromatic N) is 2. The van der Waals surface area contributed by atoms with Gasteiger partial charge in [0.15, 0.2) is 0 Å². The van der Waals surface area contributed by atoms with E-state index in [0.29, 0.717) is 12.3 Å². The van der Waals surface area contributed by atoms with Gasteiger partial charge >= 0.3 is 0 Å². The van der Waals surface area contributed by atoms with Gasteiger partial charge in [-0.15, -0.1) is 0 Å². The molecule has 5 nitrogen and oxygen atoms in total. The number of benzene rings is 1. The SMILES string of the molecule is Cc1ccc(/C=C/C(=O)NCc2c(C)nn(Cc3ccccc3)c2C)o1. The Morgan fingerprint density at radius 1 is 1.15 bits per heavy atom. The highest BCUT2D eigenvalue weighted by molar-refractivity contribution is 5.91. The lowest BCUT2D eigenvalue weighted by atomic mass is 10.2. The quantitative estimate of drug-likeness (QED) is 0.689. The second-order valence-electron chi connectivity index (χ2n) is 6.29. The van der Waals surface area contributed by atoms with Gasteiger partial charge in [0, 0.05) is 23.9 Å². The normalized spacial score (nSPS) is 11.2. The van der Waals surface area contributed by atoms with Gasteiger partial charge in [0.25, 0.3) is 0 Å². The van der Waals surface area contributed by atoms with E-state index in [-0.39, 0.29) is 5.91 Å². The lowest BCUT2D eigenvalue weighted by molar-refractivity contribution is -0.116. The predicted octanol–water partition coefficient (Wildman–Crippen LogP) is 3.78. The van der Waals surface area contributed by atoms with Crippen molar-refractivity contribution in [2.45, 2.75) is 33.9 Å². The minimum absolute atomic E-state index is 0.159. The van der Waals surface area contributed by atoms with Gasteiger partial charge in [-0.25, -0.2) is 0 Å². The molecule has 3 rings (SSSR count). The van der Waals surface area contributed by atoms with Gasteiger partial charge in [-0.05, 0) is 44.5 Å². The first-order valence-corrected chi connectivity index (χ1v) is 8.62. The smallest absolute Gasteiger partial charge is 0.244 e. The average molecular weight is 349 g/mol. The zero-order valence-corrected chi connectivity index (χ0v) is 15.3. The molecule has 0 aliphatic heterocycles. The minimum atomic E-state index is -0.159. The van der Waals surface area contributed by atoms with E-state index >= 15 is 0 Å². The number of carbonyl (C=O) groups is 1. The third-order valence-corrected chi connectivity index (χ3v) is 4.31. The number of hydrogen-bond acceptors (Lipinski definition) is 3. The predicted molar refractivity (Wildman–Crippen MR) is 102 cm³/mol. The van der Waals surface area contributed by atoms with E-state index in [1.54, 1.807) is 6.08 Å². The Kier molecular flexibility index (Phi) is 5.37. The zero-order valence-electron chi connectivity index (χ0n) is 15.3. The van der Waals surface area contributed by atoms with Crippen LogP contribution in [0.2, 0.25) is 0 Å². The van der Waals surface area contributed by atoms with E-state index in [9.17, 15) is 4.79 Å². The molecule has 0 fully saturated rings. The van der Waals surface area contributed by atoms with E-state index in [1.807, 2.05) is 55.8 Å². The summed E-state index contributed by atoms with van der Waals surface area (Å²) in [7, 11) is 0. The summed E-state index contributed by atoms with van der Waals surface area (Å²) in [5.41, 5.74) is 4.25. The Labute approximate surface area is 153 Å². The maximum absolute atomic E-state index is 12.1. The van der Waals surface area contributed by atoms with Crippen molar-refractivity contribution in [3.63, 3.8) is 0 Å². The molecule has 2 aromatic heterocycles. The van der Waals surface area contributed by atoms with Crippen LogP contribution < -0.4 is 5.32 Å². The number of rotatable bonds is 6. The summed E-state index contributed by atoms with van der Waals surface area (Å²) in [6, 6.07) is 13.9. The van der Waals surface area contributed by atoms with E-state index in [0.717, 1.165) is 29.3 Å². The number of hydrogen-bond donors (Lipinski definition) is 1. The molecule has 0 saturated heterocycles. The molecule has 2 heterocycles. The first kappa shape index (κ1) is 17.7. The molecule has 0 unspecified atom stereocenters. The molecule has 5 heteroatoms. The second kappa shape index (κ2) is 7.87. The van der Waals surface area contributed by atoms with Crippen LogP contribution in [0.4, 0.5) is 0 Å². The molecule has 0 radical (unpaired) electrons. The molecule has 0 saturated carbocycles. The largest absolute Gasteiger partial charge is 0.462 e. The summed E-state index contributed by atoms with van der Waals surface area (Å²) >= 11 is 0. The van der Waals surface area contributed by atoms with E-state index in [4.69, 9.17) is 4.42 Å². The highest BCUT2D eigenvalue weighted by atomic mass is 16.3. The number of furan rings is 1. The molecule has 0 spiro atoms. The fraction of sp³-hybridized carbons (Fsp3) is 0.238. The van der Waals surface area contributed by atoms with Crippen molar-refractivity contribution in [2.75, 3.05) is 0 Å². The molecule has 3 aromatic rings. The molecule has 0 bridgehead atoms. The van der Waals surface area contributed by atoms with Gasteiger partial charge in [-0.2, -0.15) is 5.10 Å². The van der Waals surface area contributed by atoms with Gasteiger partial charge in [0.1, 0.15) is 11.5 Å². The summed E-state index contributed by atoms with van der Waals surface area (Å²) in [6.07, 6.45) is 3.15. The summed E-state index contributed by atoms with van der Waals surface area (Å²) in [5, 5.41) is 7.53. The van der Waals surface area contributed by atoms with Gasteiger partial charge in [-0.1, -0.05) is 30.3 Å². The number of amides is 1. The third kappa shape index (κ3) is 4.30. The topological polar surface area (TPSA) is 60.1 Å². The third-order valence-electron chi connectivity index (χ3n) is 4.31. The van der Waals surface area contributed by atoms with Crippen LogP contribution in [0, 0.1) is 20.8 Å². The van der Waals surface area contributed by atoms with Crippen LogP contribution in [-0.4, -0.2) is 15.7 Å². The van der Waals surface area contributed by atoms with Crippen molar-refractivity contribution in [2.24, 2.45) is 0 Å². The van der Waals surface area contributed by atoms with Crippen LogP contribution in [0.1, 0.15) is 34.0 Å². The summed E-state index contributed by atoms with van der Waals surface area (Å²) in [5.74, 6) is 1.33. The zero-order chi connectivity index (χ0) is 18.5. The summed E-state index contributed by atoms with van der Waals surface area (Å²) in [6.45, 7) is 7.05. The van der Waals surface area contributed by atoms with E-state index < -0.39 is 0 Å². The molecule has 134 valence electrons. The summed E-state index contributed by atoms with van der Waals surface area (Å²) in [4.78, 5) is 12.1. The van der Waals surface area contributed by atoms with E-state index in [2.05, 4.69) is 22.5 Å². The Balaban J connectivity index is 1.62. The van der Waals surface area contributed by atoms with Crippen molar-refractivity contribution in [1.29, 1.82) is 0 Å². The van der Waals surface area contributed by atoms with Gasteiger partial charge in [0.05, 0.1) is 12.2 Å². The molecule has 1 amide bonds. The lowest BCUT2D eigenvalue weighted by Crippen LogP contribution is -2.21. The molecular formula is C21H23N3O2. The molecule has 26 heavy (non-hydrogen) atoms. The molecule has 1 N–H and O–H groups in total. The molecule has 0 aliphatic rings. The van der Waals surface area contributed by atoms with Crippen molar-refractivity contribution in [1.82, 2.24) is 15.1 Å². The van der Waals surface area contributed by atoms with Crippen molar-refractivity contribution < 1.29 is 9.21 Å². The van der Waals surface area contributed by atoms with Crippen LogP contribution in [0.25, 0.3) is 6.08 Å². The van der Waals surface area contributed by atoms with Crippen LogP contribution >= 0.6 is 0 Å². The Morgan fingerprint density at radius 2 is 1.92 bits per heavy atom. The van der Waals surface area contributed by atoms with E-state index in [1.165, 1.54) is 11.6 Å². The maximum Gasteiger partial charge on any atom is 0.244 e. The lowest BCUT2D eigenvalue weighted by Gasteiger charge is -2.06. The number of carbonyl (C=O) groups excluding carboxylic acids is 1. The number of aromatic nitrogens is 2. The van der Waals surface area contributed by atoms with Gasteiger partial charge in [0.2, 0.25) is 5.91 Å². The van der Waals surface area contributed by atoms with Crippen LogP contribution in [0.3, 0.4) is 0 Å². The first-order chi connectivity index (χ1) is 12.5. The molecular weight excluding hydrogens is 326 g/mol. The van der Waals surface area contributed by atoms with Crippen molar-refractivity contribution in [3.05, 3.63) is 82.6 Å². The van der Waals surface area contributed by atoms with Gasteiger partial charge < -0.3 is 9.73 Å². The highest BCUT2D eigenvalue weighted by Crippen LogP contribution is 2.15. The highest BCUT2D eigenvalue weighted by Gasteiger charge is 2.12. The Morgan fingerprint density at radius 3 is 2.62 bits per heavy atom. The molecule has 1 aromatic carbocycles. The monoisotopic (exact) mass is 349 g/mol. The molecule has 0 atom stereocenters. The Hall–Kier alpha value is -3.08. The number of nitrogens with one attached hydrogen (secondary N) is 1. The van der Waals surface area contributed by atoms with Crippen molar-refractivity contribution in [3.8, 4) is 0 Å². The standard InChI is InChI=1S/C21H23N3O2/c1-15-9-10-19(26-15)11-12-21(25)22-13-20-16(2)23-24(17(20)3)14-18-7-5-4-6-8-18/h4-12H,13-14H2,1-3H3,(H,22,25)/b12-11+.